The van der Waals surface area contributed by atoms with Gasteiger partial charge in [-0.3, -0.25) is 14.9 Å². The predicted octanol–water partition coefficient (Wildman–Crippen LogP) is 0.844. The lowest BCUT2D eigenvalue weighted by Crippen LogP contribution is -2.39. The van der Waals surface area contributed by atoms with Gasteiger partial charge in [0, 0.05) is 12.5 Å². The zero-order chi connectivity index (χ0) is 15.4. The Morgan fingerprint density at radius 1 is 1.52 bits per heavy atom. The Bertz CT molecular complexity index is 572. The molecule has 2 N–H and O–H groups in total. The molecule has 0 aliphatic carbocycles. The summed E-state index contributed by atoms with van der Waals surface area (Å²) in [6, 6.07) is 4.85. The van der Waals surface area contributed by atoms with Crippen molar-refractivity contribution in [2.24, 2.45) is 0 Å². The zero-order valence-electron chi connectivity index (χ0n) is 11.5. The molecule has 2 unspecified atom stereocenters. The Labute approximate surface area is 121 Å². The van der Waals surface area contributed by atoms with Crippen LogP contribution < -0.4 is 10.1 Å². The minimum atomic E-state index is -1.06. The number of piperidine rings is 1. The van der Waals surface area contributed by atoms with Gasteiger partial charge in [-0.05, 0) is 18.9 Å². The molecule has 2 amide bonds. The van der Waals surface area contributed by atoms with Crippen LogP contribution in [0.4, 0.5) is 0 Å². The molecule has 1 aromatic rings. The van der Waals surface area contributed by atoms with Crippen LogP contribution >= 0.6 is 0 Å². The molecule has 0 aromatic carbocycles. The molecule has 1 aliphatic heterocycles. The van der Waals surface area contributed by atoms with Crippen molar-refractivity contribution in [1.82, 2.24) is 10.3 Å². The Morgan fingerprint density at radius 2 is 2.29 bits per heavy atom. The van der Waals surface area contributed by atoms with Gasteiger partial charge in [-0.1, -0.05) is 13.0 Å². The third-order valence-corrected chi connectivity index (χ3v) is 3.25. The highest BCUT2D eigenvalue weighted by molar-refractivity contribution is 6.00. The van der Waals surface area contributed by atoms with Crippen molar-refractivity contribution in [3.05, 3.63) is 23.9 Å². The molecule has 1 fully saturated rings. The molecule has 7 heteroatoms. The van der Waals surface area contributed by atoms with Crippen LogP contribution in [-0.2, 0) is 14.4 Å². The van der Waals surface area contributed by atoms with Crippen molar-refractivity contribution in [3.8, 4) is 5.88 Å². The molecule has 21 heavy (non-hydrogen) atoms. The molecule has 0 bridgehead atoms. The number of ether oxygens (including phenoxy) is 1. The summed E-state index contributed by atoms with van der Waals surface area (Å²) < 4.78 is 5.30. The molecule has 1 saturated heterocycles. The first-order chi connectivity index (χ1) is 10.0. The first-order valence-corrected chi connectivity index (χ1v) is 6.71. The van der Waals surface area contributed by atoms with Gasteiger partial charge in [0.1, 0.15) is 0 Å². The van der Waals surface area contributed by atoms with E-state index in [1.165, 1.54) is 0 Å². The summed E-state index contributed by atoms with van der Waals surface area (Å²) in [5.41, 5.74) is 0.470. The quantitative estimate of drug-likeness (QED) is 0.779. The molecule has 2 rings (SSSR count). The lowest BCUT2D eigenvalue weighted by atomic mass is 9.94. The summed E-state index contributed by atoms with van der Waals surface area (Å²) in [5, 5.41) is 11.2. The molecule has 0 saturated carbocycles. The van der Waals surface area contributed by atoms with Crippen LogP contribution in [0.2, 0.25) is 0 Å². The number of aromatic nitrogens is 1. The predicted molar refractivity (Wildman–Crippen MR) is 71.7 cm³/mol. The monoisotopic (exact) mass is 292 g/mol. The number of carboxylic acids is 1. The van der Waals surface area contributed by atoms with Crippen molar-refractivity contribution in [2.75, 3.05) is 0 Å². The topological polar surface area (TPSA) is 106 Å². The summed E-state index contributed by atoms with van der Waals surface area (Å²) in [6.07, 6.45) is -0.0261. The number of aliphatic carboxylic acids is 1. The van der Waals surface area contributed by atoms with E-state index >= 15 is 0 Å². The van der Waals surface area contributed by atoms with E-state index < -0.39 is 18.0 Å². The number of carboxylic acid groups (broad SMARTS) is 1. The summed E-state index contributed by atoms with van der Waals surface area (Å²) in [6.45, 7) is 1.70. The first-order valence-electron chi connectivity index (χ1n) is 6.71. The summed E-state index contributed by atoms with van der Waals surface area (Å²) in [5.74, 6) is -2.10. The second-order valence-corrected chi connectivity index (χ2v) is 4.76. The van der Waals surface area contributed by atoms with Crippen LogP contribution in [0, 0.1) is 0 Å². The molecular formula is C14H16N2O5. The highest BCUT2D eigenvalue weighted by Crippen LogP contribution is 2.25. The van der Waals surface area contributed by atoms with Crippen molar-refractivity contribution in [2.45, 2.75) is 38.2 Å². The molecule has 7 nitrogen and oxygen atoms in total. The number of carbonyl (C=O) groups is 3. The average Bonchev–Trinajstić information content (AvgIpc) is 2.44. The van der Waals surface area contributed by atoms with Gasteiger partial charge < -0.3 is 9.84 Å². The van der Waals surface area contributed by atoms with E-state index in [4.69, 9.17) is 9.84 Å². The molecule has 1 aliphatic rings. The second-order valence-electron chi connectivity index (χ2n) is 4.76. The number of amides is 2. The van der Waals surface area contributed by atoms with E-state index in [9.17, 15) is 14.4 Å². The summed E-state index contributed by atoms with van der Waals surface area (Å²) in [4.78, 5) is 38.1. The number of imide groups is 1. The Kier molecular flexibility index (Phi) is 4.52. The minimum absolute atomic E-state index is 0.159. The van der Waals surface area contributed by atoms with Crippen LogP contribution in [0.25, 0.3) is 0 Å². The zero-order valence-corrected chi connectivity index (χ0v) is 11.5. The van der Waals surface area contributed by atoms with Gasteiger partial charge in [-0.15, -0.1) is 0 Å². The molecule has 2 heterocycles. The third-order valence-electron chi connectivity index (χ3n) is 3.25. The van der Waals surface area contributed by atoms with Crippen LogP contribution in [0.15, 0.2) is 18.2 Å². The van der Waals surface area contributed by atoms with Gasteiger partial charge in [-0.25, -0.2) is 9.78 Å². The van der Waals surface area contributed by atoms with Gasteiger partial charge in [0.05, 0.1) is 11.6 Å². The molecule has 0 spiro atoms. The third kappa shape index (κ3) is 3.56. The Hall–Kier alpha value is -2.44. The summed E-state index contributed by atoms with van der Waals surface area (Å²) in [7, 11) is 0. The van der Waals surface area contributed by atoms with Crippen LogP contribution in [0.3, 0.4) is 0 Å². The largest absolute Gasteiger partial charge is 0.479 e. The SMILES string of the molecule is CCC(Oc1cccc(C2CCC(=O)NC2=O)n1)C(=O)O. The molecular weight excluding hydrogens is 276 g/mol. The van der Waals surface area contributed by atoms with Crippen molar-refractivity contribution < 1.29 is 24.2 Å². The van der Waals surface area contributed by atoms with Crippen molar-refractivity contribution in [3.63, 3.8) is 0 Å². The minimum Gasteiger partial charge on any atom is -0.479 e. The maximum Gasteiger partial charge on any atom is 0.344 e. The van der Waals surface area contributed by atoms with Gasteiger partial charge in [0.2, 0.25) is 17.7 Å². The smallest absolute Gasteiger partial charge is 0.344 e. The van der Waals surface area contributed by atoms with Crippen LogP contribution in [0.5, 0.6) is 5.88 Å². The van der Waals surface area contributed by atoms with E-state index in [1.807, 2.05) is 0 Å². The van der Waals surface area contributed by atoms with Gasteiger partial charge in [0.25, 0.3) is 0 Å². The maximum absolute atomic E-state index is 11.8. The lowest BCUT2D eigenvalue weighted by Gasteiger charge is -2.21. The fourth-order valence-electron chi connectivity index (χ4n) is 2.12. The van der Waals surface area contributed by atoms with Crippen molar-refractivity contribution in [1.29, 1.82) is 0 Å². The number of hydrogen-bond donors (Lipinski definition) is 2. The second kappa shape index (κ2) is 6.34. The van der Waals surface area contributed by atoms with E-state index in [0.717, 1.165) is 0 Å². The molecule has 0 radical (unpaired) electrons. The molecule has 2 atom stereocenters. The van der Waals surface area contributed by atoms with Crippen LogP contribution in [0.1, 0.15) is 37.8 Å². The lowest BCUT2D eigenvalue weighted by molar-refractivity contribution is -0.145. The number of pyridine rings is 1. The Balaban J connectivity index is 2.16. The van der Waals surface area contributed by atoms with E-state index in [2.05, 4.69) is 10.3 Å². The number of nitrogens with one attached hydrogen (secondary N) is 1. The maximum atomic E-state index is 11.8. The number of carbonyl (C=O) groups excluding carboxylic acids is 2. The summed E-state index contributed by atoms with van der Waals surface area (Å²) >= 11 is 0. The van der Waals surface area contributed by atoms with E-state index in [1.54, 1.807) is 25.1 Å². The fraction of sp³-hybridized carbons (Fsp3) is 0.429. The van der Waals surface area contributed by atoms with E-state index in [0.29, 0.717) is 18.5 Å². The first kappa shape index (κ1) is 15.0. The standard InChI is InChI=1S/C14H16N2O5/c1-2-10(14(19)20)21-12-5-3-4-9(15-12)8-6-7-11(17)16-13(8)18/h3-5,8,10H,2,6-7H2,1H3,(H,19,20)(H,16,17,18). The Morgan fingerprint density at radius 3 is 2.90 bits per heavy atom. The van der Waals surface area contributed by atoms with Crippen LogP contribution in [-0.4, -0.2) is 34.0 Å². The molecule has 1 aromatic heterocycles. The normalized spacial score (nSPS) is 19.8. The van der Waals surface area contributed by atoms with Crippen molar-refractivity contribution >= 4 is 17.8 Å². The number of rotatable bonds is 5. The van der Waals surface area contributed by atoms with Gasteiger partial charge >= 0.3 is 5.97 Å². The number of nitrogens with zero attached hydrogens (tertiary/aromatic N) is 1. The fourth-order valence-corrected chi connectivity index (χ4v) is 2.12. The molecule has 112 valence electrons. The average molecular weight is 292 g/mol. The number of hydrogen-bond acceptors (Lipinski definition) is 5. The van der Waals surface area contributed by atoms with E-state index in [-0.39, 0.29) is 24.1 Å². The van der Waals surface area contributed by atoms with Gasteiger partial charge in [-0.2, -0.15) is 0 Å². The highest BCUT2D eigenvalue weighted by atomic mass is 16.5. The van der Waals surface area contributed by atoms with Gasteiger partial charge in [0.15, 0.2) is 6.10 Å². The highest BCUT2D eigenvalue weighted by Gasteiger charge is 2.29.